The molecule has 18 heavy (non-hydrogen) atoms. The molecular weight excluding hydrogens is 224 g/mol. The molecule has 1 aromatic rings. The van der Waals surface area contributed by atoms with E-state index in [1.54, 1.807) is 7.11 Å². The Morgan fingerprint density at radius 2 is 2.11 bits per heavy atom. The quantitative estimate of drug-likeness (QED) is 0.767. The van der Waals surface area contributed by atoms with Crippen molar-refractivity contribution in [2.75, 3.05) is 27.2 Å². The van der Waals surface area contributed by atoms with Gasteiger partial charge in [0.2, 0.25) is 0 Å². The van der Waals surface area contributed by atoms with Gasteiger partial charge in [0, 0.05) is 19.1 Å². The van der Waals surface area contributed by atoms with Crippen LogP contribution in [0.3, 0.4) is 0 Å². The maximum atomic E-state index is 5.25. The fraction of sp³-hybridized carbons (Fsp3) is 0.600. The van der Waals surface area contributed by atoms with Gasteiger partial charge in [-0.2, -0.15) is 0 Å². The molecule has 0 aliphatic carbocycles. The first-order chi connectivity index (χ1) is 8.69. The van der Waals surface area contributed by atoms with E-state index in [4.69, 9.17) is 4.74 Å². The molecule has 1 rings (SSSR count). The summed E-state index contributed by atoms with van der Waals surface area (Å²) in [6.45, 7) is 7.45. The predicted octanol–water partition coefficient (Wildman–Crippen LogP) is 2.52. The van der Waals surface area contributed by atoms with Gasteiger partial charge in [-0.15, -0.1) is 0 Å². The number of nitrogens with one attached hydrogen (secondary N) is 1. The molecule has 0 spiro atoms. The molecule has 1 atom stereocenters. The van der Waals surface area contributed by atoms with E-state index in [1.807, 2.05) is 12.1 Å². The lowest BCUT2D eigenvalue weighted by molar-refractivity contribution is 0.279. The van der Waals surface area contributed by atoms with Crippen LogP contribution in [0.15, 0.2) is 24.3 Å². The topological polar surface area (TPSA) is 24.5 Å². The van der Waals surface area contributed by atoms with Crippen LogP contribution in [0, 0.1) is 0 Å². The molecule has 1 N–H and O–H groups in total. The van der Waals surface area contributed by atoms with Crippen molar-refractivity contribution < 1.29 is 4.74 Å². The number of nitrogens with zero attached hydrogens (tertiary/aromatic N) is 1. The summed E-state index contributed by atoms with van der Waals surface area (Å²) < 4.78 is 5.25. The van der Waals surface area contributed by atoms with Gasteiger partial charge in [-0.1, -0.05) is 26.0 Å². The smallest absolute Gasteiger partial charge is 0.119 e. The van der Waals surface area contributed by atoms with Crippen molar-refractivity contribution in [1.82, 2.24) is 10.2 Å². The Morgan fingerprint density at radius 3 is 2.72 bits per heavy atom. The number of likely N-dealkylation sites (N-methyl/N-ethyl adjacent to an activating group) is 2. The van der Waals surface area contributed by atoms with Gasteiger partial charge in [0.1, 0.15) is 5.75 Å². The summed E-state index contributed by atoms with van der Waals surface area (Å²) in [6, 6.07) is 8.85. The first kappa shape index (κ1) is 15.0. The van der Waals surface area contributed by atoms with Crippen LogP contribution in [0.4, 0.5) is 0 Å². The van der Waals surface area contributed by atoms with Crippen LogP contribution >= 0.6 is 0 Å². The molecule has 0 radical (unpaired) electrons. The lowest BCUT2D eigenvalue weighted by Crippen LogP contribution is -2.38. The van der Waals surface area contributed by atoms with E-state index in [1.165, 1.54) is 5.56 Å². The molecule has 0 aliphatic rings. The largest absolute Gasteiger partial charge is 0.497 e. The van der Waals surface area contributed by atoms with Gasteiger partial charge < -0.3 is 15.0 Å². The van der Waals surface area contributed by atoms with E-state index in [2.05, 4.69) is 43.2 Å². The van der Waals surface area contributed by atoms with Gasteiger partial charge in [0.25, 0.3) is 0 Å². The maximum absolute atomic E-state index is 5.25. The van der Waals surface area contributed by atoms with Crippen molar-refractivity contribution in [3.8, 4) is 5.75 Å². The molecule has 1 aromatic carbocycles. The first-order valence-electron chi connectivity index (χ1n) is 6.74. The van der Waals surface area contributed by atoms with Crippen molar-refractivity contribution >= 4 is 0 Å². The first-order valence-corrected chi connectivity index (χ1v) is 6.74. The van der Waals surface area contributed by atoms with Crippen LogP contribution in [0.2, 0.25) is 0 Å². The molecule has 102 valence electrons. The minimum Gasteiger partial charge on any atom is -0.497 e. The Hall–Kier alpha value is -1.06. The third-order valence-electron chi connectivity index (χ3n) is 3.10. The molecule has 0 aromatic heterocycles. The van der Waals surface area contributed by atoms with E-state index >= 15 is 0 Å². The Kier molecular flexibility index (Phi) is 6.76. The molecule has 0 saturated carbocycles. The van der Waals surface area contributed by atoms with E-state index < -0.39 is 0 Å². The molecule has 1 unspecified atom stereocenters. The SMILES string of the molecule is CCNC(CC)CN(C)Cc1cccc(OC)c1. The van der Waals surface area contributed by atoms with Crippen molar-refractivity contribution in [2.45, 2.75) is 32.9 Å². The molecule has 3 nitrogen and oxygen atoms in total. The zero-order valence-electron chi connectivity index (χ0n) is 12.1. The van der Waals surface area contributed by atoms with Gasteiger partial charge in [-0.3, -0.25) is 0 Å². The molecule has 0 fully saturated rings. The summed E-state index contributed by atoms with van der Waals surface area (Å²) in [7, 11) is 3.88. The van der Waals surface area contributed by atoms with E-state index in [0.29, 0.717) is 6.04 Å². The molecule has 0 aliphatic heterocycles. The fourth-order valence-electron chi connectivity index (χ4n) is 2.15. The highest BCUT2D eigenvalue weighted by atomic mass is 16.5. The normalized spacial score (nSPS) is 12.7. The van der Waals surface area contributed by atoms with Crippen molar-refractivity contribution in [3.63, 3.8) is 0 Å². The second-order valence-corrected chi connectivity index (χ2v) is 4.71. The monoisotopic (exact) mass is 250 g/mol. The van der Waals surface area contributed by atoms with Crippen LogP contribution in [-0.2, 0) is 6.54 Å². The Balaban J connectivity index is 2.49. The summed E-state index contributed by atoms with van der Waals surface area (Å²) in [5.41, 5.74) is 1.29. The average Bonchev–Trinajstić information content (AvgIpc) is 2.38. The summed E-state index contributed by atoms with van der Waals surface area (Å²) in [6.07, 6.45) is 1.16. The van der Waals surface area contributed by atoms with E-state index in [9.17, 15) is 0 Å². The highest BCUT2D eigenvalue weighted by molar-refractivity contribution is 5.28. The third kappa shape index (κ3) is 5.07. The number of benzene rings is 1. The van der Waals surface area contributed by atoms with Crippen LogP contribution in [-0.4, -0.2) is 38.2 Å². The summed E-state index contributed by atoms with van der Waals surface area (Å²) in [4.78, 5) is 2.35. The summed E-state index contributed by atoms with van der Waals surface area (Å²) in [5, 5.41) is 3.51. The second-order valence-electron chi connectivity index (χ2n) is 4.71. The highest BCUT2D eigenvalue weighted by Crippen LogP contribution is 2.14. The Bertz CT molecular complexity index is 341. The van der Waals surface area contributed by atoms with Gasteiger partial charge in [-0.25, -0.2) is 0 Å². The molecule has 0 saturated heterocycles. The second kappa shape index (κ2) is 8.11. The van der Waals surface area contributed by atoms with E-state index in [-0.39, 0.29) is 0 Å². The fourth-order valence-corrected chi connectivity index (χ4v) is 2.15. The predicted molar refractivity (Wildman–Crippen MR) is 77.1 cm³/mol. The van der Waals surface area contributed by atoms with Crippen LogP contribution in [0.5, 0.6) is 5.75 Å². The lowest BCUT2D eigenvalue weighted by atomic mass is 10.1. The Morgan fingerprint density at radius 1 is 1.33 bits per heavy atom. The molecule has 0 heterocycles. The van der Waals surface area contributed by atoms with Crippen LogP contribution < -0.4 is 10.1 Å². The molecule has 3 heteroatoms. The van der Waals surface area contributed by atoms with Gasteiger partial charge >= 0.3 is 0 Å². The minimum absolute atomic E-state index is 0.575. The summed E-state index contributed by atoms with van der Waals surface area (Å²) in [5.74, 6) is 0.930. The molecule has 0 amide bonds. The molecular formula is C15H26N2O. The zero-order valence-corrected chi connectivity index (χ0v) is 12.1. The zero-order chi connectivity index (χ0) is 13.4. The number of methoxy groups -OCH3 is 1. The van der Waals surface area contributed by atoms with Crippen LogP contribution in [0.1, 0.15) is 25.8 Å². The lowest BCUT2D eigenvalue weighted by Gasteiger charge is -2.24. The van der Waals surface area contributed by atoms with Crippen molar-refractivity contribution in [3.05, 3.63) is 29.8 Å². The average molecular weight is 250 g/mol. The highest BCUT2D eigenvalue weighted by Gasteiger charge is 2.08. The standard InChI is InChI=1S/C15H26N2O/c1-5-14(16-6-2)12-17(3)11-13-8-7-9-15(10-13)18-4/h7-10,14,16H,5-6,11-12H2,1-4H3. The number of rotatable bonds is 8. The minimum atomic E-state index is 0.575. The van der Waals surface area contributed by atoms with Gasteiger partial charge in [0.05, 0.1) is 7.11 Å². The number of hydrogen-bond donors (Lipinski definition) is 1. The molecule has 0 bridgehead atoms. The third-order valence-corrected chi connectivity index (χ3v) is 3.10. The number of ether oxygens (including phenoxy) is 1. The van der Waals surface area contributed by atoms with Crippen molar-refractivity contribution in [1.29, 1.82) is 0 Å². The Labute approximate surface area is 111 Å². The van der Waals surface area contributed by atoms with Crippen LogP contribution in [0.25, 0.3) is 0 Å². The van der Waals surface area contributed by atoms with Gasteiger partial charge in [0.15, 0.2) is 0 Å². The summed E-state index contributed by atoms with van der Waals surface area (Å²) >= 11 is 0. The van der Waals surface area contributed by atoms with Crippen molar-refractivity contribution in [2.24, 2.45) is 0 Å². The van der Waals surface area contributed by atoms with Gasteiger partial charge in [-0.05, 0) is 37.7 Å². The maximum Gasteiger partial charge on any atom is 0.119 e. The van der Waals surface area contributed by atoms with E-state index in [0.717, 1.165) is 31.8 Å². The number of hydrogen-bond acceptors (Lipinski definition) is 3.